The monoisotopic (exact) mass is 236 g/mol. The molecule has 0 aliphatic rings. The number of aliphatic imine (C=N–C) groups is 2. The molecule has 2 nitrogen and oxygen atoms in total. The summed E-state index contributed by atoms with van der Waals surface area (Å²) >= 11 is 0. The van der Waals surface area contributed by atoms with Gasteiger partial charge in [-0.25, -0.2) is 0 Å². The predicted octanol–water partition coefficient (Wildman–Crippen LogP) is 4.41. The Morgan fingerprint density at radius 1 is 0.611 bits per heavy atom. The van der Waals surface area contributed by atoms with Crippen molar-refractivity contribution in [2.45, 2.75) is 13.8 Å². The molecule has 0 aliphatic carbocycles. The molecular formula is C16H16N2. The minimum absolute atomic E-state index is 0.941. The highest BCUT2D eigenvalue weighted by atomic mass is 14.8. The number of aryl methyl sites for hydroxylation is 2. The van der Waals surface area contributed by atoms with Gasteiger partial charge in [-0.1, -0.05) is 35.4 Å². The van der Waals surface area contributed by atoms with Crippen molar-refractivity contribution in [2.75, 3.05) is 0 Å². The summed E-state index contributed by atoms with van der Waals surface area (Å²) in [6, 6.07) is 16.1. The molecule has 0 N–H and O–H groups in total. The fraction of sp³-hybridized carbons (Fsp3) is 0.125. The van der Waals surface area contributed by atoms with E-state index in [1.54, 1.807) is 12.4 Å². The molecule has 0 heterocycles. The van der Waals surface area contributed by atoms with Gasteiger partial charge in [0.05, 0.1) is 11.4 Å². The lowest BCUT2D eigenvalue weighted by molar-refractivity contribution is 1.44. The topological polar surface area (TPSA) is 24.7 Å². The molecule has 0 unspecified atom stereocenters. The molecule has 90 valence electrons. The van der Waals surface area contributed by atoms with Gasteiger partial charge in [-0.15, -0.1) is 0 Å². The number of hydrogen-bond acceptors (Lipinski definition) is 2. The molecular weight excluding hydrogens is 220 g/mol. The van der Waals surface area contributed by atoms with Crippen molar-refractivity contribution >= 4 is 23.8 Å². The van der Waals surface area contributed by atoms with Crippen LogP contribution in [0.4, 0.5) is 11.4 Å². The van der Waals surface area contributed by atoms with Crippen LogP contribution in [-0.2, 0) is 0 Å². The average Bonchev–Trinajstić information content (AvgIpc) is 2.39. The summed E-state index contributed by atoms with van der Waals surface area (Å²) in [6.07, 6.45) is 3.43. The van der Waals surface area contributed by atoms with Crippen LogP contribution in [0.15, 0.2) is 58.5 Å². The van der Waals surface area contributed by atoms with Gasteiger partial charge in [-0.05, 0) is 38.1 Å². The van der Waals surface area contributed by atoms with E-state index in [0.29, 0.717) is 0 Å². The Kier molecular flexibility index (Phi) is 4.02. The van der Waals surface area contributed by atoms with Gasteiger partial charge in [-0.2, -0.15) is 0 Å². The molecule has 0 atom stereocenters. The quantitative estimate of drug-likeness (QED) is 0.705. The second-order valence-corrected chi connectivity index (χ2v) is 4.23. The van der Waals surface area contributed by atoms with Crippen molar-refractivity contribution in [1.82, 2.24) is 0 Å². The summed E-state index contributed by atoms with van der Waals surface area (Å²) in [5.74, 6) is 0. The summed E-state index contributed by atoms with van der Waals surface area (Å²) in [5, 5.41) is 0. The summed E-state index contributed by atoms with van der Waals surface area (Å²) in [5.41, 5.74) is 4.36. The maximum Gasteiger partial charge on any atom is 0.0630 e. The SMILES string of the molecule is Cc1ccc(/N=C/C=N/c2ccc(C)cc2)cc1. The number of hydrogen-bond donors (Lipinski definition) is 0. The van der Waals surface area contributed by atoms with E-state index in [1.807, 2.05) is 48.5 Å². The number of nitrogens with zero attached hydrogens (tertiary/aromatic N) is 2. The lowest BCUT2D eigenvalue weighted by atomic mass is 10.2. The van der Waals surface area contributed by atoms with E-state index in [1.165, 1.54) is 11.1 Å². The number of benzene rings is 2. The van der Waals surface area contributed by atoms with E-state index in [0.717, 1.165) is 11.4 Å². The van der Waals surface area contributed by atoms with Crippen LogP contribution in [0, 0.1) is 13.8 Å². The second kappa shape index (κ2) is 5.92. The normalized spacial score (nSPS) is 11.4. The fourth-order valence-corrected chi connectivity index (χ4v) is 1.50. The van der Waals surface area contributed by atoms with E-state index >= 15 is 0 Å². The van der Waals surface area contributed by atoms with Gasteiger partial charge in [0.1, 0.15) is 0 Å². The van der Waals surface area contributed by atoms with Crippen LogP contribution >= 0.6 is 0 Å². The molecule has 0 radical (unpaired) electrons. The first-order valence-corrected chi connectivity index (χ1v) is 5.94. The zero-order valence-electron chi connectivity index (χ0n) is 10.7. The van der Waals surface area contributed by atoms with Crippen LogP contribution < -0.4 is 0 Å². The largest absolute Gasteiger partial charge is 0.255 e. The van der Waals surface area contributed by atoms with Crippen molar-refractivity contribution in [3.05, 3.63) is 59.7 Å². The van der Waals surface area contributed by atoms with Gasteiger partial charge in [0, 0.05) is 12.4 Å². The molecule has 0 bridgehead atoms. The van der Waals surface area contributed by atoms with Crippen molar-refractivity contribution in [1.29, 1.82) is 0 Å². The third-order valence-corrected chi connectivity index (χ3v) is 2.58. The highest BCUT2D eigenvalue weighted by molar-refractivity contribution is 6.17. The van der Waals surface area contributed by atoms with Crippen LogP contribution in [0.1, 0.15) is 11.1 Å². The minimum Gasteiger partial charge on any atom is -0.255 e. The maximum absolute atomic E-state index is 4.31. The first-order chi connectivity index (χ1) is 8.74. The smallest absolute Gasteiger partial charge is 0.0630 e. The fourth-order valence-electron chi connectivity index (χ4n) is 1.50. The Bertz CT molecular complexity index is 495. The molecule has 0 fully saturated rings. The van der Waals surface area contributed by atoms with Gasteiger partial charge in [0.2, 0.25) is 0 Å². The highest BCUT2D eigenvalue weighted by Crippen LogP contribution is 2.12. The Morgan fingerprint density at radius 3 is 1.28 bits per heavy atom. The maximum atomic E-state index is 4.31. The third-order valence-electron chi connectivity index (χ3n) is 2.58. The highest BCUT2D eigenvalue weighted by Gasteiger charge is 1.87. The van der Waals surface area contributed by atoms with Crippen LogP contribution in [0.5, 0.6) is 0 Å². The molecule has 0 amide bonds. The van der Waals surface area contributed by atoms with Gasteiger partial charge in [0.15, 0.2) is 0 Å². The van der Waals surface area contributed by atoms with Crippen molar-refractivity contribution < 1.29 is 0 Å². The first-order valence-electron chi connectivity index (χ1n) is 5.94. The van der Waals surface area contributed by atoms with Crippen molar-refractivity contribution in [3.8, 4) is 0 Å². The number of rotatable bonds is 3. The van der Waals surface area contributed by atoms with E-state index in [2.05, 4.69) is 23.8 Å². The Labute approximate surface area is 108 Å². The van der Waals surface area contributed by atoms with E-state index in [4.69, 9.17) is 0 Å². The summed E-state index contributed by atoms with van der Waals surface area (Å²) in [6.45, 7) is 4.12. The van der Waals surface area contributed by atoms with E-state index in [9.17, 15) is 0 Å². The zero-order chi connectivity index (χ0) is 12.8. The van der Waals surface area contributed by atoms with Crippen LogP contribution in [-0.4, -0.2) is 12.4 Å². The van der Waals surface area contributed by atoms with Crippen molar-refractivity contribution in [2.24, 2.45) is 9.98 Å². The lowest BCUT2D eigenvalue weighted by Crippen LogP contribution is -1.76. The summed E-state index contributed by atoms with van der Waals surface area (Å²) in [7, 11) is 0. The Morgan fingerprint density at radius 2 is 0.944 bits per heavy atom. The Hall–Kier alpha value is -2.22. The molecule has 0 saturated carbocycles. The van der Waals surface area contributed by atoms with Gasteiger partial charge in [-0.3, -0.25) is 9.98 Å². The summed E-state index contributed by atoms with van der Waals surface area (Å²) in [4.78, 5) is 8.61. The van der Waals surface area contributed by atoms with Crippen LogP contribution in [0.25, 0.3) is 0 Å². The molecule has 0 aromatic heterocycles. The third kappa shape index (κ3) is 3.67. The van der Waals surface area contributed by atoms with Gasteiger partial charge < -0.3 is 0 Å². The molecule has 2 heteroatoms. The minimum atomic E-state index is 0.941. The Balaban J connectivity index is 1.98. The first kappa shape index (κ1) is 12.2. The molecule has 0 spiro atoms. The van der Waals surface area contributed by atoms with E-state index in [-0.39, 0.29) is 0 Å². The molecule has 2 aromatic carbocycles. The predicted molar refractivity (Wildman–Crippen MR) is 78.7 cm³/mol. The van der Waals surface area contributed by atoms with Crippen LogP contribution in [0.2, 0.25) is 0 Å². The average molecular weight is 236 g/mol. The molecule has 0 aliphatic heterocycles. The van der Waals surface area contributed by atoms with Crippen LogP contribution in [0.3, 0.4) is 0 Å². The molecule has 2 aromatic rings. The van der Waals surface area contributed by atoms with Gasteiger partial charge in [0.25, 0.3) is 0 Å². The molecule has 0 saturated heterocycles. The molecule has 18 heavy (non-hydrogen) atoms. The molecule has 2 rings (SSSR count). The van der Waals surface area contributed by atoms with E-state index < -0.39 is 0 Å². The lowest BCUT2D eigenvalue weighted by Gasteiger charge is -1.94. The second-order valence-electron chi connectivity index (χ2n) is 4.23. The zero-order valence-corrected chi connectivity index (χ0v) is 10.7. The van der Waals surface area contributed by atoms with Crippen molar-refractivity contribution in [3.63, 3.8) is 0 Å². The standard InChI is InChI=1S/C16H16N2/c1-13-3-7-15(8-4-13)17-11-12-18-16-9-5-14(2)6-10-16/h3-12H,1-2H3/b17-11+,18-12+. The van der Waals surface area contributed by atoms with Gasteiger partial charge >= 0.3 is 0 Å². The summed E-state index contributed by atoms with van der Waals surface area (Å²) < 4.78 is 0.